The topological polar surface area (TPSA) is 20.3 Å². The molecular formula is C24H23Cl2F2NO. The summed E-state index contributed by atoms with van der Waals surface area (Å²) in [5.74, 6) is -4.28. The SMILES string of the molecule is CN(C(=O)C1C(F)(F)C12CCC2)[C@H]1CC[C@@H](c2ccc(Cl)c(Cl)c2)c2ccccc21. The number of carbonyl (C=O) groups is 1. The van der Waals surface area contributed by atoms with Gasteiger partial charge in [0.1, 0.15) is 5.92 Å². The van der Waals surface area contributed by atoms with Crippen LogP contribution in [0.2, 0.25) is 10.0 Å². The van der Waals surface area contributed by atoms with Gasteiger partial charge in [-0.1, -0.05) is 60.0 Å². The molecule has 0 saturated heterocycles. The number of hydrogen-bond donors (Lipinski definition) is 0. The lowest BCUT2D eigenvalue weighted by atomic mass is 9.76. The average Bonchev–Trinajstić information content (AvgIpc) is 3.25. The van der Waals surface area contributed by atoms with E-state index in [1.807, 2.05) is 30.3 Å². The van der Waals surface area contributed by atoms with Gasteiger partial charge in [0.25, 0.3) is 5.92 Å². The van der Waals surface area contributed by atoms with Gasteiger partial charge in [-0.05, 0) is 54.5 Å². The molecule has 3 atom stereocenters. The van der Waals surface area contributed by atoms with E-state index in [2.05, 4.69) is 6.07 Å². The molecule has 1 amide bonds. The van der Waals surface area contributed by atoms with Crippen LogP contribution in [0.4, 0.5) is 8.78 Å². The molecule has 5 rings (SSSR count). The molecule has 3 aliphatic carbocycles. The summed E-state index contributed by atoms with van der Waals surface area (Å²) >= 11 is 12.3. The van der Waals surface area contributed by atoms with Gasteiger partial charge in [-0.2, -0.15) is 0 Å². The Balaban J connectivity index is 1.44. The number of amides is 1. The highest BCUT2D eigenvalue weighted by Crippen LogP contribution is 2.75. The highest BCUT2D eigenvalue weighted by Gasteiger charge is 2.85. The summed E-state index contributed by atoms with van der Waals surface area (Å²) in [4.78, 5) is 14.7. The van der Waals surface area contributed by atoms with Crippen LogP contribution >= 0.6 is 23.2 Å². The van der Waals surface area contributed by atoms with E-state index in [0.717, 1.165) is 36.0 Å². The van der Waals surface area contributed by atoms with Gasteiger partial charge < -0.3 is 4.90 Å². The van der Waals surface area contributed by atoms with Crippen LogP contribution in [-0.4, -0.2) is 23.8 Å². The van der Waals surface area contributed by atoms with Crippen LogP contribution in [0, 0.1) is 11.3 Å². The molecule has 30 heavy (non-hydrogen) atoms. The zero-order valence-electron chi connectivity index (χ0n) is 16.7. The molecule has 2 saturated carbocycles. The minimum absolute atomic E-state index is 0.135. The molecule has 0 N–H and O–H groups in total. The van der Waals surface area contributed by atoms with Crippen LogP contribution in [0.25, 0.3) is 0 Å². The highest BCUT2D eigenvalue weighted by molar-refractivity contribution is 6.42. The van der Waals surface area contributed by atoms with Crippen molar-refractivity contribution >= 4 is 29.1 Å². The molecule has 2 fully saturated rings. The van der Waals surface area contributed by atoms with E-state index in [-0.39, 0.29) is 12.0 Å². The first kappa shape index (κ1) is 20.3. The van der Waals surface area contributed by atoms with Crippen molar-refractivity contribution in [1.29, 1.82) is 0 Å². The minimum atomic E-state index is -2.85. The van der Waals surface area contributed by atoms with Gasteiger partial charge in [0.05, 0.1) is 21.5 Å². The molecule has 158 valence electrons. The maximum Gasteiger partial charge on any atom is 0.266 e. The lowest BCUT2D eigenvalue weighted by Gasteiger charge is -2.37. The Bertz CT molecular complexity index is 1020. The Hall–Kier alpha value is -1.65. The number of rotatable bonds is 3. The lowest BCUT2D eigenvalue weighted by Crippen LogP contribution is -2.37. The van der Waals surface area contributed by atoms with Crippen LogP contribution in [-0.2, 0) is 4.79 Å². The third-order valence-corrected chi connectivity index (χ3v) is 8.35. The van der Waals surface area contributed by atoms with Gasteiger partial charge in [0, 0.05) is 13.0 Å². The van der Waals surface area contributed by atoms with Gasteiger partial charge in [0.2, 0.25) is 5.91 Å². The molecule has 0 bridgehead atoms. The van der Waals surface area contributed by atoms with Crippen LogP contribution < -0.4 is 0 Å². The van der Waals surface area contributed by atoms with Crippen molar-refractivity contribution in [2.45, 2.75) is 50.0 Å². The zero-order valence-corrected chi connectivity index (χ0v) is 18.2. The number of halogens is 4. The number of carbonyl (C=O) groups excluding carboxylic acids is 1. The summed E-state index contributed by atoms with van der Waals surface area (Å²) in [7, 11) is 1.68. The largest absolute Gasteiger partial charge is 0.338 e. The fourth-order valence-electron chi connectivity index (χ4n) is 5.68. The molecule has 2 aromatic carbocycles. The fraction of sp³-hybridized carbons (Fsp3) is 0.458. The van der Waals surface area contributed by atoms with E-state index >= 15 is 0 Å². The first-order valence-electron chi connectivity index (χ1n) is 10.5. The van der Waals surface area contributed by atoms with Crippen LogP contribution in [0.3, 0.4) is 0 Å². The molecule has 2 nitrogen and oxygen atoms in total. The Morgan fingerprint density at radius 2 is 1.73 bits per heavy atom. The molecule has 1 unspecified atom stereocenters. The van der Waals surface area contributed by atoms with E-state index in [9.17, 15) is 13.6 Å². The maximum absolute atomic E-state index is 14.5. The Labute approximate surface area is 185 Å². The van der Waals surface area contributed by atoms with Gasteiger partial charge in [-0.25, -0.2) is 8.78 Å². The molecule has 0 aliphatic heterocycles. The smallest absolute Gasteiger partial charge is 0.266 e. The van der Waals surface area contributed by atoms with Crippen molar-refractivity contribution < 1.29 is 13.6 Å². The van der Waals surface area contributed by atoms with E-state index in [1.165, 1.54) is 0 Å². The lowest BCUT2D eigenvalue weighted by molar-refractivity contribution is -0.136. The van der Waals surface area contributed by atoms with E-state index in [1.54, 1.807) is 18.0 Å². The van der Waals surface area contributed by atoms with Gasteiger partial charge in [0.15, 0.2) is 0 Å². The number of benzene rings is 2. The number of alkyl halides is 2. The Morgan fingerprint density at radius 1 is 1.03 bits per heavy atom. The second kappa shape index (κ2) is 6.93. The van der Waals surface area contributed by atoms with Crippen LogP contribution in [0.1, 0.15) is 60.8 Å². The van der Waals surface area contributed by atoms with E-state index in [0.29, 0.717) is 22.9 Å². The molecule has 2 aromatic rings. The average molecular weight is 450 g/mol. The minimum Gasteiger partial charge on any atom is -0.338 e. The van der Waals surface area contributed by atoms with Crippen molar-refractivity contribution in [3.05, 3.63) is 69.2 Å². The van der Waals surface area contributed by atoms with Crippen LogP contribution in [0.15, 0.2) is 42.5 Å². The molecular weight excluding hydrogens is 427 g/mol. The van der Waals surface area contributed by atoms with Gasteiger partial charge in [-0.3, -0.25) is 4.79 Å². The molecule has 3 aliphatic rings. The summed E-state index contributed by atoms with van der Waals surface area (Å²) in [6, 6.07) is 13.5. The van der Waals surface area contributed by atoms with Crippen LogP contribution in [0.5, 0.6) is 0 Å². The fourth-order valence-corrected chi connectivity index (χ4v) is 5.99. The standard InChI is InChI=1S/C24H23Cl2F2NO/c1-29(22(30)21-23(11-4-12-23)24(21,27)28)20-10-8-15(16-5-2-3-6-17(16)20)14-7-9-18(25)19(26)13-14/h2-3,5-7,9,13,15,20-21H,4,8,10-12H2,1H3/t15-,20-,21?/m0/s1. The summed E-state index contributed by atoms with van der Waals surface area (Å²) in [5, 5.41) is 1.03. The highest BCUT2D eigenvalue weighted by atomic mass is 35.5. The molecule has 0 heterocycles. The number of nitrogens with zero attached hydrogens (tertiary/aromatic N) is 1. The summed E-state index contributed by atoms with van der Waals surface area (Å²) in [6.45, 7) is 0. The Morgan fingerprint density at radius 3 is 2.33 bits per heavy atom. The first-order chi connectivity index (χ1) is 14.3. The third kappa shape index (κ3) is 2.76. The van der Waals surface area contributed by atoms with Crippen molar-refractivity contribution in [3.8, 4) is 0 Å². The predicted octanol–water partition coefficient (Wildman–Crippen LogP) is 6.85. The normalized spacial score (nSPS) is 27.8. The van der Waals surface area contributed by atoms with E-state index < -0.39 is 23.2 Å². The van der Waals surface area contributed by atoms with Crippen molar-refractivity contribution in [2.75, 3.05) is 7.05 Å². The monoisotopic (exact) mass is 449 g/mol. The molecule has 1 spiro atoms. The third-order valence-electron chi connectivity index (χ3n) is 7.61. The second-order valence-electron chi connectivity index (χ2n) is 8.96. The Kier molecular flexibility index (Phi) is 4.68. The first-order valence-corrected chi connectivity index (χ1v) is 11.2. The van der Waals surface area contributed by atoms with Gasteiger partial charge >= 0.3 is 0 Å². The van der Waals surface area contributed by atoms with E-state index in [4.69, 9.17) is 23.2 Å². The quantitative estimate of drug-likeness (QED) is 0.501. The molecule has 6 heteroatoms. The summed E-state index contributed by atoms with van der Waals surface area (Å²) < 4.78 is 28.9. The second-order valence-corrected chi connectivity index (χ2v) is 9.78. The van der Waals surface area contributed by atoms with Crippen molar-refractivity contribution in [2.24, 2.45) is 11.3 Å². The zero-order chi connectivity index (χ0) is 21.3. The van der Waals surface area contributed by atoms with Crippen molar-refractivity contribution in [3.63, 3.8) is 0 Å². The molecule has 0 radical (unpaired) electrons. The summed E-state index contributed by atoms with van der Waals surface area (Å²) in [6.07, 6.45) is 3.25. The number of hydrogen-bond acceptors (Lipinski definition) is 1. The maximum atomic E-state index is 14.5. The summed E-state index contributed by atoms with van der Waals surface area (Å²) in [5.41, 5.74) is 2.16. The number of fused-ring (bicyclic) bond motifs is 1. The predicted molar refractivity (Wildman–Crippen MR) is 114 cm³/mol. The van der Waals surface area contributed by atoms with Gasteiger partial charge in [-0.15, -0.1) is 0 Å². The molecule has 0 aromatic heterocycles. The van der Waals surface area contributed by atoms with Crippen molar-refractivity contribution in [1.82, 2.24) is 4.90 Å².